The lowest BCUT2D eigenvalue weighted by Crippen LogP contribution is -2.55. The van der Waals surface area contributed by atoms with Crippen molar-refractivity contribution in [2.75, 3.05) is 7.11 Å². The molecule has 0 spiro atoms. The molecular weight excluding hydrogens is 210 g/mol. The van der Waals surface area contributed by atoms with Gasteiger partial charge in [0.05, 0.1) is 7.11 Å². The molecule has 1 fully saturated rings. The van der Waals surface area contributed by atoms with Crippen molar-refractivity contribution >= 4 is 0 Å². The first-order chi connectivity index (χ1) is 8.07. The number of benzene rings is 1. The minimum absolute atomic E-state index is 0.138. The van der Waals surface area contributed by atoms with E-state index >= 15 is 0 Å². The number of hydrogen-bond acceptors (Lipinski definition) is 2. The van der Waals surface area contributed by atoms with Crippen molar-refractivity contribution in [3.05, 3.63) is 29.8 Å². The summed E-state index contributed by atoms with van der Waals surface area (Å²) in [5, 5.41) is 0. The molecule has 1 saturated carbocycles. The standard InChI is InChI=1S/C15H23NO/c1-4-14(5-2)10-15(16,11-14)12-7-6-8-13(9-12)17-3/h6-9H,4-5,10-11,16H2,1-3H3. The molecule has 94 valence electrons. The molecule has 1 aliphatic rings. The van der Waals surface area contributed by atoms with E-state index in [1.165, 1.54) is 18.4 Å². The Morgan fingerprint density at radius 3 is 2.41 bits per heavy atom. The zero-order chi connectivity index (χ0) is 12.5. The van der Waals surface area contributed by atoms with Gasteiger partial charge in [0.1, 0.15) is 5.75 Å². The van der Waals surface area contributed by atoms with Crippen LogP contribution in [0.3, 0.4) is 0 Å². The van der Waals surface area contributed by atoms with Gasteiger partial charge < -0.3 is 10.5 Å². The van der Waals surface area contributed by atoms with Crippen LogP contribution in [0.2, 0.25) is 0 Å². The lowest BCUT2D eigenvalue weighted by atomic mass is 9.53. The van der Waals surface area contributed by atoms with Gasteiger partial charge in [0.25, 0.3) is 0 Å². The van der Waals surface area contributed by atoms with Crippen LogP contribution in [0.25, 0.3) is 0 Å². The summed E-state index contributed by atoms with van der Waals surface area (Å²) in [6, 6.07) is 8.20. The average molecular weight is 233 g/mol. The molecule has 0 heterocycles. The van der Waals surface area contributed by atoms with Gasteiger partial charge in [-0.05, 0) is 36.0 Å². The summed E-state index contributed by atoms with van der Waals surface area (Å²) in [7, 11) is 1.70. The highest BCUT2D eigenvalue weighted by Gasteiger charge is 2.50. The fraction of sp³-hybridized carbons (Fsp3) is 0.600. The zero-order valence-corrected chi connectivity index (χ0v) is 11.1. The summed E-state index contributed by atoms with van der Waals surface area (Å²) < 4.78 is 5.27. The van der Waals surface area contributed by atoms with Crippen LogP contribution in [-0.2, 0) is 5.54 Å². The SMILES string of the molecule is CCC1(CC)CC(N)(c2cccc(OC)c2)C1. The van der Waals surface area contributed by atoms with Gasteiger partial charge in [-0.2, -0.15) is 0 Å². The van der Waals surface area contributed by atoms with E-state index < -0.39 is 0 Å². The van der Waals surface area contributed by atoms with Gasteiger partial charge in [-0.15, -0.1) is 0 Å². The molecule has 0 bridgehead atoms. The maximum absolute atomic E-state index is 6.52. The second kappa shape index (κ2) is 4.34. The van der Waals surface area contributed by atoms with Crippen molar-refractivity contribution in [2.24, 2.45) is 11.1 Å². The summed E-state index contributed by atoms with van der Waals surface area (Å²) in [6.07, 6.45) is 4.65. The molecule has 0 atom stereocenters. The van der Waals surface area contributed by atoms with Crippen molar-refractivity contribution < 1.29 is 4.74 Å². The quantitative estimate of drug-likeness (QED) is 0.864. The predicted molar refractivity (Wildman–Crippen MR) is 71.1 cm³/mol. The Balaban J connectivity index is 2.18. The van der Waals surface area contributed by atoms with Crippen LogP contribution in [0.5, 0.6) is 5.75 Å². The number of hydrogen-bond donors (Lipinski definition) is 1. The van der Waals surface area contributed by atoms with Gasteiger partial charge >= 0.3 is 0 Å². The van der Waals surface area contributed by atoms with Crippen molar-refractivity contribution in [2.45, 2.75) is 45.1 Å². The second-order valence-corrected chi connectivity index (χ2v) is 5.45. The van der Waals surface area contributed by atoms with Gasteiger partial charge in [0, 0.05) is 5.54 Å². The first-order valence-corrected chi connectivity index (χ1v) is 6.51. The van der Waals surface area contributed by atoms with Gasteiger partial charge in [0.15, 0.2) is 0 Å². The Kier molecular flexibility index (Phi) is 3.17. The van der Waals surface area contributed by atoms with Crippen LogP contribution < -0.4 is 10.5 Å². The van der Waals surface area contributed by atoms with Crippen LogP contribution in [0.15, 0.2) is 24.3 Å². The maximum Gasteiger partial charge on any atom is 0.119 e. The molecule has 1 aliphatic carbocycles. The van der Waals surface area contributed by atoms with E-state index in [1.807, 2.05) is 12.1 Å². The fourth-order valence-electron chi connectivity index (χ4n) is 3.17. The third-order valence-electron chi connectivity index (χ3n) is 4.53. The molecule has 1 aromatic rings. The normalized spacial score (nSPS) is 20.7. The van der Waals surface area contributed by atoms with Gasteiger partial charge in [-0.25, -0.2) is 0 Å². The molecule has 0 aromatic heterocycles. The Morgan fingerprint density at radius 1 is 1.24 bits per heavy atom. The Morgan fingerprint density at radius 2 is 1.88 bits per heavy atom. The molecule has 0 aliphatic heterocycles. The third kappa shape index (κ3) is 2.06. The molecule has 0 radical (unpaired) electrons. The highest BCUT2D eigenvalue weighted by molar-refractivity contribution is 5.35. The summed E-state index contributed by atoms with van der Waals surface area (Å²) >= 11 is 0. The average Bonchev–Trinajstić information content (AvgIpc) is 2.35. The van der Waals surface area contributed by atoms with Gasteiger partial charge in [-0.3, -0.25) is 0 Å². The monoisotopic (exact) mass is 233 g/mol. The van der Waals surface area contributed by atoms with Crippen LogP contribution in [0.4, 0.5) is 0 Å². The molecule has 0 unspecified atom stereocenters. The Hall–Kier alpha value is -1.02. The zero-order valence-electron chi connectivity index (χ0n) is 11.1. The molecule has 0 amide bonds. The smallest absolute Gasteiger partial charge is 0.119 e. The van der Waals surface area contributed by atoms with E-state index in [9.17, 15) is 0 Å². The van der Waals surface area contributed by atoms with Gasteiger partial charge in [-0.1, -0.05) is 38.8 Å². The molecule has 2 nitrogen and oxygen atoms in total. The molecular formula is C15H23NO. The first kappa shape index (κ1) is 12.4. The van der Waals surface area contributed by atoms with Crippen molar-refractivity contribution in [3.63, 3.8) is 0 Å². The summed E-state index contributed by atoms with van der Waals surface area (Å²) in [5.41, 5.74) is 8.07. The third-order valence-corrected chi connectivity index (χ3v) is 4.53. The molecule has 0 saturated heterocycles. The van der Waals surface area contributed by atoms with Crippen molar-refractivity contribution in [1.29, 1.82) is 0 Å². The molecule has 2 N–H and O–H groups in total. The van der Waals surface area contributed by atoms with Crippen LogP contribution >= 0.6 is 0 Å². The minimum Gasteiger partial charge on any atom is -0.497 e. The van der Waals surface area contributed by atoms with E-state index in [2.05, 4.69) is 26.0 Å². The van der Waals surface area contributed by atoms with Crippen LogP contribution in [0, 0.1) is 5.41 Å². The fourth-order valence-corrected chi connectivity index (χ4v) is 3.17. The van der Waals surface area contributed by atoms with Crippen LogP contribution in [-0.4, -0.2) is 7.11 Å². The second-order valence-electron chi connectivity index (χ2n) is 5.45. The number of methoxy groups -OCH3 is 1. The van der Waals surface area contributed by atoms with E-state index in [0.29, 0.717) is 5.41 Å². The maximum atomic E-state index is 6.52. The lowest BCUT2D eigenvalue weighted by Gasteiger charge is -2.54. The summed E-state index contributed by atoms with van der Waals surface area (Å²) in [4.78, 5) is 0. The molecule has 17 heavy (non-hydrogen) atoms. The summed E-state index contributed by atoms with van der Waals surface area (Å²) in [5.74, 6) is 0.901. The largest absolute Gasteiger partial charge is 0.497 e. The van der Waals surface area contributed by atoms with E-state index in [-0.39, 0.29) is 5.54 Å². The highest BCUT2D eigenvalue weighted by Crippen LogP contribution is 2.56. The van der Waals surface area contributed by atoms with E-state index in [0.717, 1.165) is 18.6 Å². The van der Waals surface area contributed by atoms with Crippen molar-refractivity contribution in [1.82, 2.24) is 0 Å². The minimum atomic E-state index is -0.138. The lowest BCUT2D eigenvalue weighted by molar-refractivity contribution is 0.0165. The number of ether oxygens (including phenoxy) is 1. The topological polar surface area (TPSA) is 35.2 Å². The van der Waals surface area contributed by atoms with Gasteiger partial charge in [0.2, 0.25) is 0 Å². The van der Waals surface area contributed by atoms with E-state index in [1.54, 1.807) is 7.11 Å². The van der Waals surface area contributed by atoms with E-state index in [4.69, 9.17) is 10.5 Å². The Bertz CT molecular complexity index is 388. The molecule has 2 heteroatoms. The Labute approximate surface area is 104 Å². The predicted octanol–water partition coefficient (Wildman–Crippen LogP) is 3.45. The van der Waals surface area contributed by atoms with Crippen LogP contribution in [0.1, 0.15) is 45.1 Å². The van der Waals surface area contributed by atoms with Crippen molar-refractivity contribution in [3.8, 4) is 5.75 Å². The number of nitrogens with two attached hydrogens (primary N) is 1. The number of rotatable bonds is 4. The molecule has 1 aromatic carbocycles. The first-order valence-electron chi connectivity index (χ1n) is 6.51. The molecule has 2 rings (SSSR count). The summed E-state index contributed by atoms with van der Waals surface area (Å²) in [6.45, 7) is 4.54. The highest BCUT2D eigenvalue weighted by atomic mass is 16.5.